The van der Waals surface area contributed by atoms with Crippen LogP contribution in [0, 0.1) is 0 Å². The summed E-state index contributed by atoms with van der Waals surface area (Å²) in [6.07, 6.45) is 0. The molecule has 1 atom stereocenters. The fraction of sp³-hybridized carbons (Fsp3) is 0.111. The quantitative estimate of drug-likeness (QED) is 0.543. The van der Waals surface area contributed by atoms with Crippen molar-refractivity contribution in [2.45, 2.75) is 4.90 Å². The van der Waals surface area contributed by atoms with E-state index < -0.39 is 11.2 Å². The average molecular weight is 201 g/mol. The highest BCUT2D eigenvalue weighted by Crippen LogP contribution is 2.17. The molecule has 1 nitrogen and oxygen atoms in total. The van der Waals surface area contributed by atoms with E-state index in [0.29, 0.717) is 4.91 Å². The zero-order valence-electron chi connectivity index (χ0n) is 6.50. The van der Waals surface area contributed by atoms with E-state index >= 15 is 0 Å². The van der Waals surface area contributed by atoms with Crippen LogP contribution in [0.1, 0.15) is 0 Å². The summed E-state index contributed by atoms with van der Waals surface area (Å²) in [6.45, 7) is 3.62. The number of alkyl halides is 1. The van der Waals surface area contributed by atoms with Crippen molar-refractivity contribution in [2.24, 2.45) is 0 Å². The number of halogens is 1. The highest BCUT2D eigenvalue weighted by Gasteiger charge is 2.13. The van der Waals surface area contributed by atoms with Crippen molar-refractivity contribution in [1.29, 1.82) is 0 Å². The van der Waals surface area contributed by atoms with Gasteiger partial charge in [-0.15, -0.1) is 11.6 Å². The summed E-state index contributed by atoms with van der Waals surface area (Å²) in [4.78, 5) is 1.30. The lowest BCUT2D eigenvalue weighted by Crippen LogP contribution is -2.04. The zero-order chi connectivity index (χ0) is 8.97. The van der Waals surface area contributed by atoms with E-state index in [4.69, 9.17) is 11.6 Å². The predicted molar refractivity (Wildman–Crippen MR) is 52.7 cm³/mol. The SMILES string of the molecule is C=C(CCl)[S+]([O-])c1ccccc1. The van der Waals surface area contributed by atoms with Gasteiger partial charge in [-0.2, -0.15) is 0 Å². The molecule has 64 valence electrons. The molecule has 1 aromatic carbocycles. The zero-order valence-corrected chi connectivity index (χ0v) is 8.07. The Morgan fingerprint density at radius 1 is 1.42 bits per heavy atom. The van der Waals surface area contributed by atoms with Gasteiger partial charge >= 0.3 is 0 Å². The van der Waals surface area contributed by atoms with Gasteiger partial charge < -0.3 is 4.55 Å². The van der Waals surface area contributed by atoms with Crippen LogP contribution in [0.5, 0.6) is 0 Å². The maximum Gasteiger partial charge on any atom is 0.158 e. The van der Waals surface area contributed by atoms with Crippen molar-refractivity contribution < 1.29 is 4.55 Å². The van der Waals surface area contributed by atoms with E-state index in [1.54, 1.807) is 12.1 Å². The van der Waals surface area contributed by atoms with Gasteiger partial charge in [0.15, 0.2) is 4.90 Å². The molecule has 1 rings (SSSR count). The maximum atomic E-state index is 11.5. The summed E-state index contributed by atoms with van der Waals surface area (Å²) in [5.74, 6) is 0.238. The number of hydrogen-bond acceptors (Lipinski definition) is 1. The van der Waals surface area contributed by atoms with Crippen LogP contribution in [-0.2, 0) is 11.2 Å². The molecule has 0 aliphatic rings. The second-order valence-electron chi connectivity index (χ2n) is 2.25. The monoisotopic (exact) mass is 200 g/mol. The highest BCUT2D eigenvalue weighted by atomic mass is 35.5. The first kappa shape index (κ1) is 9.65. The summed E-state index contributed by atoms with van der Waals surface area (Å²) < 4.78 is 11.5. The Morgan fingerprint density at radius 2 is 2.00 bits per heavy atom. The van der Waals surface area contributed by atoms with Crippen LogP contribution in [0.15, 0.2) is 46.7 Å². The lowest BCUT2D eigenvalue weighted by molar-refractivity contribution is 0.601. The van der Waals surface area contributed by atoms with Crippen molar-refractivity contribution in [2.75, 3.05) is 5.88 Å². The Balaban J connectivity index is 2.78. The minimum atomic E-state index is -1.15. The number of allylic oxidation sites excluding steroid dienone is 1. The van der Waals surface area contributed by atoms with Gasteiger partial charge in [-0.3, -0.25) is 0 Å². The second-order valence-corrected chi connectivity index (χ2v) is 4.11. The Morgan fingerprint density at radius 3 is 2.50 bits per heavy atom. The molecule has 0 aliphatic heterocycles. The van der Waals surface area contributed by atoms with Crippen LogP contribution in [0.2, 0.25) is 0 Å². The van der Waals surface area contributed by atoms with Crippen LogP contribution >= 0.6 is 11.6 Å². The van der Waals surface area contributed by atoms with Crippen LogP contribution in [0.25, 0.3) is 0 Å². The average Bonchev–Trinajstić information content (AvgIpc) is 2.17. The van der Waals surface area contributed by atoms with E-state index in [1.807, 2.05) is 18.2 Å². The first-order chi connectivity index (χ1) is 5.75. The maximum absolute atomic E-state index is 11.5. The smallest absolute Gasteiger partial charge is 0.158 e. The van der Waals surface area contributed by atoms with E-state index in [9.17, 15) is 4.55 Å². The molecule has 0 saturated heterocycles. The molecular formula is C9H9ClOS. The number of hydrogen-bond donors (Lipinski definition) is 0. The number of benzene rings is 1. The molecular weight excluding hydrogens is 192 g/mol. The molecule has 0 radical (unpaired) electrons. The molecule has 0 heterocycles. The Labute approximate surface area is 80.2 Å². The Bertz CT molecular complexity index is 260. The third-order valence-corrected chi connectivity index (χ3v) is 3.22. The molecule has 0 aliphatic carbocycles. The van der Waals surface area contributed by atoms with E-state index in [-0.39, 0.29) is 5.88 Å². The highest BCUT2D eigenvalue weighted by molar-refractivity contribution is 7.95. The van der Waals surface area contributed by atoms with Crippen molar-refractivity contribution in [3.05, 3.63) is 41.8 Å². The molecule has 0 spiro atoms. The van der Waals surface area contributed by atoms with Crippen molar-refractivity contribution in [3.8, 4) is 0 Å². The Hall–Kier alpha value is -0.440. The molecule has 0 amide bonds. The third kappa shape index (κ3) is 2.27. The predicted octanol–water partition coefficient (Wildman–Crippen LogP) is 2.55. The first-order valence-corrected chi connectivity index (χ1v) is 5.14. The molecule has 0 bridgehead atoms. The largest absolute Gasteiger partial charge is 0.607 e. The molecule has 0 fully saturated rings. The normalized spacial score (nSPS) is 12.5. The van der Waals surface area contributed by atoms with Gasteiger partial charge in [0.2, 0.25) is 0 Å². The lowest BCUT2D eigenvalue weighted by atomic mass is 10.4. The first-order valence-electron chi connectivity index (χ1n) is 3.46. The van der Waals surface area contributed by atoms with E-state index in [1.165, 1.54) is 0 Å². The van der Waals surface area contributed by atoms with Gasteiger partial charge in [0.25, 0.3) is 0 Å². The third-order valence-electron chi connectivity index (χ3n) is 1.37. The summed E-state index contributed by atoms with van der Waals surface area (Å²) >= 11 is 4.35. The summed E-state index contributed by atoms with van der Waals surface area (Å²) in [6, 6.07) is 9.16. The molecule has 12 heavy (non-hydrogen) atoms. The van der Waals surface area contributed by atoms with Crippen LogP contribution < -0.4 is 0 Å². The number of rotatable bonds is 3. The molecule has 1 aromatic rings. The van der Waals surface area contributed by atoms with Gasteiger partial charge in [0.1, 0.15) is 4.91 Å². The summed E-state index contributed by atoms with van der Waals surface area (Å²) in [5.41, 5.74) is 0. The van der Waals surface area contributed by atoms with Gasteiger partial charge in [-0.25, -0.2) is 0 Å². The van der Waals surface area contributed by atoms with Crippen LogP contribution in [0.4, 0.5) is 0 Å². The van der Waals surface area contributed by atoms with Crippen molar-refractivity contribution >= 4 is 22.8 Å². The fourth-order valence-electron chi connectivity index (χ4n) is 0.760. The van der Waals surface area contributed by atoms with Gasteiger partial charge in [0.05, 0.1) is 5.88 Å². The molecule has 0 aromatic heterocycles. The van der Waals surface area contributed by atoms with Gasteiger partial charge in [-0.05, 0) is 18.7 Å². The topological polar surface area (TPSA) is 23.1 Å². The molecule has 3 heteroatoms. The van der Waals surface area contributed by atoms with Gasteiger partial charge in [0, 0.05) is 11.2 Å². The van der Waals surface area contributed by atoms with Crippen LogP contribution in [-0.4, -0.2) is 10.4 Å². The fourth-order valence-corrected chi connectivity index (χ4v) is 1.89. The van der Waals surface area contributed by atoms with E-state index in [0.717, 1.165) is 4.90 Å². The lowest BCUT2D eigenvalue weighted by Gasteiger charge is -2.09. The minimum Gasteiger partial charge on any atom is -0.607 e. The Kier molecular flexibility index (Phi) is 3.66. The summed E-state index contributed by atoms with van der Waals surface area (Å²) in [5, 5.41) is 0. The standard InChI is InChI=1S/C9H9ClOS/c1-8(7-10)12(11)9-5-3-2-4-6-9/h2-6H,1,7H2. The second kappa shape index (κ2) is 4.55. The molecule has 1 unspecified atom stereocenters. The van der Waals surface area contributed by atoms with E-state index in [2.05, 4.69) is 6.58 Å². The molecule has 0 saturated carbocycles. The van der Waals surface area contributed by atoms with Gasteiger partial charge in [-0.1, -0.05) is 18.2 Å². The van der Waals surface area contributed by atoms with Crippen molar-refractivity contribution in [1.82, 2.24) is 0 Å². The minimum absolute atomic E-state index is 0.238. The van der Waals surface area contributed by atoms with Crippen LogP contribution in [0.3, 0.4) is 0 Å². The summed E-state index contributed by atoms with van der Waals surface area (Å²) in [7, 11) is 0. The van der Waals surface area contributed by atoms with Crippen molar-refractivity contribution in [3.63, 3.8) is 0 Å². The molecule has 0 N–H and O–H groups in total.